The lowest BCUT2D eigenvalue weighted by atomic mass is 10.3. The number of fused-ring (bicyclic) bond motifs is 1. The number of nitrogens with one attached hydrogen (secondary N) is 1. The van der Waals surface area contributed by atoms with E-state index in [2.05, 4.69) is 10.3 Å². The summed E-state index contributed by atoms with van der Waals surface area (Å²) in [5.74, 6) is 1.50. The van der Waals surface area contributed by atoms with Crippen molar-refractivity contribution in [1.29, 1.82) is 0 Å². The molecule has 0 saturated carbocycles. The molecule has 1 saturated heterocycles. The van der Waals surface area contributed by atoms with Crippen LogP contribution in [0.4, 0.5) is 0 Å². The van der Waals surface area contributed by atoms with Gasteiger partial charge in [-0.2, -0.15) is 0 Å². The Morgan fingerprint density at radius 1 is 1.50 bits per heavy atom. The molecule has 0 bridgehead atoms. The molecular formula is C12H14N2O2. The van der Waals surface area contributed by atoms with Crippen LogP contribution in [0, 0.1) is 6.92 Å². The van der Waals surface area contributed by atoms with Crippen molar-refractivity contribution in [1.82, 2.24) is 10.3 Å². The number of aryl methyl sites for hydroxylation is 1. The Hall–Kier alpha value is -1.55. The summed E-state index contributed by atoms with van der Waals surface area (Å²) in [5, 5.41) is 3.28. The van der Waals surface area contributed by atoms with E-state index in [9.17, 15) is 0 Å². The third-order valence-electron chi connectivity index (χ3n) is 2.80. The smallest absolute Gasteiger partial charge is 0.192 e. The first-order chi connectivity index (χ1) is 7.83. The number of ether oxygens (including phenoxy) is 1. The van der Waals surface area contributed by atoms with E-state index in [0.29, 0.717) is 5.89 Å². The standard InChI is InChI=1S/C12H14N2O2/c1-8-14-12-10(15-8)3-2-4-11(12)16-9-5-6-13-7-9/h2-4,9,13H,5-7H2,1H3. The average molecular weight is 218 g/mol. The molecule has 1 N–H and O–H groups in total. The highest BCUT2D eigenvalue weighted by molar-refractivity contribution is 5.79. The molecule has 2 heterocycles. The summed E-state index contributed by atoms with van der Waals surface area (Å²) in [5.41, 5.74) is 1.62. The molecule has 0 amide bonds. The molecule has 16 heavy (non-hydrogen) atoms. The van der Waals surface area contributed by atoms with Crippen LogP contribution in [0.5, 0.6) is 5.75 Å². The third kappa shape index (κ3) is 1.65. The van der Waals surface area contributed by atoms with Gasteiger partial charge in [0.15, 0.2) is 17.0 Å². The quantitative estimate of drug-likeness (QED) is 0.836. The van der Waals surface area contributed by atoms with Crippen molar-refractivity contribution in [3.8, 4) is 5.75 Å². The zero-order valence-electron chi connectivity index (χ0n) is 9.19. The van der Waals surface area contributed by atoms with E-state index in [1.165, 1.54) is 0 Å². The molecule has 3 rings (SSSR count). The maximum absolute atomic E-state index is 5.92. The Morgan fingerprint density at radius 3 is 3.25 bits per heavy atom. The molecule has 84 valence electrons. The Labute approximate surface area is 93.6 Å². The molecule has 1 fully saturated rings. The molecule has 4 nitrogen and oxygen atoms in total. The van der Waals surface area contributed by atoms with Crippen molar-refractivity contribution < 1.29 is 9.15 Å². The monoisotopic (exact) mass is 218 g/mol. The highest BCUT2D eigenvalue weighted by Crippen LogP contribution is 2.27. The predicted octanol–water partition coefficient (Wildman–Crippen LogP) is 1.88. The number of oxazole rings is 1. The van der Waals surface area contributed by atoms with Crippen LogP contribution in [-0.2, 0) is 0 Å². The zero-order chi connectivity index (χ0) is 11.0. The van der Waals surface area contributed by atoms with Gasteiger partial charge in [-0.3, -0.25) is 0 Å². The summed E-state index contributed by atoms with van der Waals surface area (Å²) in [6.45, 7) is 3.78. The molecular weight excluding hydrogens is 204 g/mol. The van der Waals surface area contributed by atoms with Gasteiger partial charge in [-0.1, -0.05) is 6.07 Å². The van der Waals surface area contributed by atoms with Crippen LogP contribution >= 0.6 is 0 Å². The third-order valence-corrected chi connectivity index (χ3v) is 2.80. The Morgan fingerprint density at radius 2 is 2.44 bits per heavy atom. The summed E-state index contributed by atoms with van der Waals surface area (Å²) in [6.07, 6.45) is 1.30. The first kappa shape index (κ1) is 9.66. The molecule has 0 aliphatic carbocycles. The highest BCUT2D eigenvalue weighted by atomic mass is 16.5. The number of benzene rings is 1. The largest absolute Gasteiger partial charge is 0.487 e. The predicted molar refractivity (Wildman–Crippen MR) is 60.6 cm³/mol. The van der Waals surface area contributed by atoms with Gasteiger partial charge in [0.2, 0.25) is 0 Å². The maximum Gasteiger partial charge on any atom is 0.192 e. The molecule has 1 aliphatic heterocycles. The van der Waals surface area contributed by atoms with Crippen LogP contribution in [0.15, 0.2) is 22.6 Å². The summed E-state index contributed by atoms with van der Waals surface area (Å²) >= 11 is 0. The number of hydrogen-bond donors (Lipinski definition) is 1. The van der Waals surface area contributed by atoms with Crippen LogP contribution in [0.1, 0.15) is 12.3 Å². The normalized spacial score (nSPS) is 20.4. The first-order valence-corrected chi connectivity index (χ1v) is 5.56. The van der Waals surface area contributed by atoms with Crippen LogP contribution in [0.2, 0.25) is 0 Å². The van der Waals surface area contributed by atoms with E-state index in [1.807, 2.05) is 25.1 Å². The Bertz CT molecular complexity index is 501. The van der Waals surface area contributed by atoms with Crippen molar-refractivity contribution in [2.45, 2.75) is 19.4 Å². The van der Waals surface area contributed by atoms with Gasteiger partial charge >= 0.3 is 0 Å². The minimum atomic E-state index is 0.252. The topological polar surface area (TPSA) is 47.3 Å². The number of para-hydroxylation sites is 1. The van der Waals surface area contributed by atoms with Gasteiger partial charge in [0, 0.05) is 13.5 Å². The second-order valence-corrected chi connectivity index (χ2v) is 4.07. The number of hydrogen-bond acceptors (Lipinski definition) is 4. The molecule has 1 atom stereocenters. The van der Waals surface area contributed by atoms with E-state index in [0.717, 1.165) is 36.4 Å². The highest BCUT2D eigenvalue weighted by Gasteiger charge is 2.18. The number of rotatable bonds is 2. The lowest BCUT2D eigenvalue weighted by Gasteiger charge is -2.11. The minimum Gasteiger partial charge on any atom is -0.487 e. The summed E-state index contributed by atoms with van der Waals surface area (Å²) in [7, 11) is 0. The van der Waals surface area contributed by atoms with Gasteiger partial charge in [-0.15, -0.1) is 0 Å². The summed E-state index contributed by atoms with van der Waals surface area (Å²) in [4.78, 5) is 4.34. The fourth-order valence-electron chi connectivity index (χ4n) is 2.04. The molecule has 1 aliphatic rings. The van der Waals surface area contributed by atoms with E-state index < -0.39 is 0 Å². The minimum absolute atomic E-state index is 0.252. The van der Waals surface area contributed by atoms with Gasteiger partial charge < -0.3 is 14.5 Å². The van der Waals surface area contributed by atoms with Crippen LogP contribution < -0.4 is 10.1 Å². The molecule has 1 unspecified atom stereocenters. The Balaban J connectivity index is 1.95. The molecule has 1 aromatic carbocycles. The summed E-state index contributed by atoms with van der Waals surface area (Å²) in [6, 6.07) is 5.79. The van der Waals surface area contributed by atoms with Gasteiger partial charge in [-0.25, -0.2) is 4.98 Å². The van der Waals surface area contributed by atoms with Crippen molar-refractivity contribution in [3.63, 3.8) is 0 Å². The average Bonchev–Trinajstić information content (AvgIpc) is 2.86. The van der Waals surface area contributed by atoms with Crippen LogP contribution in [0.25, 0.3) is 11.1 Å². The summed E-state index contributed by atoms with van der Waals surface area (Å²) < 4.78 is 11.4. The van der Waals surface area contributed by atoms with E-state index >= 15 is 0 Å². The van der Waals surface area contributed by atoms with E-state index in [-0.39, 0.29) is 6.10 Å². The fourth-order valence-corrected chi connectivity index (χ4v) is 2.04. The van der Waals surface area contributed by atoms with Crippen LogP contribution in [-0.4, -0.2) is 24.2 Å². The van der Waals surface area contributed by atoms with E-state index in [1.54, 1.807) is 0 Å². The molecule has 4 heteroatoms. The van der Waals surface area contributed by atoms with Crippen molar-refractivity contribution in [2.24, 2.45) is 0 Å². The lowest BCUT2D eigenvalue weighted by molar-refractivity contribution is 0.225. The zero-order valence-corrected chi connectivity index (χ0v) is 9.19. The van der Waals surface area contributed by atoms with Crippen molar-refractivity contribution in [2.75, 3.05) is 13.1 Å². The fraction of sp³-hybridized carbons (Fsp3) is 0.417. The molecule has 0 spiro atoms. The molecule has 1 aromatic heterocycles. The van der Waals surface area contributed by atoms with Gasteiger partial charge in [0.1, 0.15) is 11.9 Å². The maximum atomic E-state index is 5.92. The second-order valence-electron chi connectivity index (χ2n) is 4.07. The second kappa shape index (κ2) is 3.79. The first-order valence-electron chi connectivity index (χ1n) is 5.56. The van der Waals surface area contributed by atoms with Gasteiger partial charge in [-0.05, 0) is 25.1 Å². The van der Waals surface area contributed by atoms with Crippen molar-refractivity contribution >= 4 is 11.1 Å². The van der Waals surface area contributed by atoms with Crippen molar-refractivity contribution in [3.05, 3.63) is 24.1 Å². The van der Waals surface area contributed by atoms with Gasteiger partial charge in [0.25, 0.3) is 0 Å². The Kier molecular flexibility index (Phi) is 2.29. The van der Waals surface area contributed by atoms with Crippen LogP contribution in [0.3, 0.4) is 0 Å². The van der Waals surface area contributed by atoms with Gasteiger partial charge in [0.05, 0.1) is 0 Å². The van der Waals surface area contributed by atoms with E-state index in [4.69, 9.17) is 9.15 Å². The molecule has 2 aromatic rings. The molecule has 0 radical (unpaired) electrons. The number of nitrogens with zero attached hydrogens (tertiary/aromatic N) is 1. The lowest BCUT2D eigenvalue weighted by Crippen LogP contribution is -2.19. The number of aromatic nitrogens is 1. The SMILES string of the molecule is Cc1nc2c(OC3CCNC3)cccc2o1.